The van der Waals surface area contributed by atoms with E-state index >= 15 is 0 Å². The van der Waals surface area contributed by atoms with Gasteiger partial charge in [0.2, 0.25) is 0 Å². The summed E-state index contributed by atoms with van der Waals surface area (Å²) < 4.78 is 3.97. The van der Waals surface area contributed by atoms with Crippen LogP contribution in [-0.2, 0) is 19.6 Å². The first kappa shape index (κ1) is 18.8. The molecule has 0 aliphatic carbocycles. The van der Waals surface area contributed by atoms with Crippen LogP contribution in [0.5, 0.6) is 0 Å². The molecule has 1 fully saturated rings. The van der Waals surface area contributed by atoms with E-state index in [1.54, 1.807) is 0 Å². The lowest BCUT2D eigenvalue weighted by Gasteiger charge is -2.32. The lowest BCUT2D eigenvalue weighted by molar-refractivity contribution is 0.153. The van der Waals surface area contributed by atoms with Gasteiger partial charge in [0.05, 0.1) is 17.1 Å². The van der Waals surface area contributed by atoms with Gasteiger partial charge in [-0.3, -0.25) is 9.58 Å². The molecule has 28 heavy (non-hydrogen) atoms. The molecule has 3 aromatic rings. The second-order valence-corrected chi connectivity index (χ2v) is 7.89. The Bertz CT molecular complexity index is 926. The maximum Gasteiger partial charge on any atom is 0.0962 e. The lowest BCUT2D eigenvalue weighted by Crippen LogP contribution is -2.36. The molecule has 0 unspecified atom stereocenters. The minimum Gasteiger partial charge on any atom is -0.325 e. The first-order valence-electron chi connectivity index (χ1n) is 10.0. The second kappa shape index (κ2) is 8.24. The van der Waals surface area contributed by atoms with Crippen molar-refractivity contribution < 1.29 is 0 Å². The largest absolute Gasteiger partial charge is 0.325 e. The number of likely N-dealkylation sites (tertiary alicyclic amines) is 1. The van der Waals surface area contributed by atoms with E-state index in [4.69, 9.17) is 5.73 Å². The number of rotatable bonds is 6. The van der Waals surface area contributed by atoms with Gasteiger partial charge in [0.1, 0.15) is 0 Å². The number of hydrogen-bond acceptors (Lipinski definition) is 5. The number of nitrogens with two attached hydrogens (primary N) is 1. The number of piperidine rings is 1. The SMILES string of the molecule is Cc1cc(C)n(-c2cccc(CN3CCC[C@H](Cn4cc(CN)nn4)C3)c2)n1. The summed E-state index contributed by atoms with van der Waals surface area (Å²) in [6.45, 7) is 8.69. The van der Waals surface area contributed by atoms with Crippen molar-refractivity contribution in [1.29, 1.82) is 0 Å². The van der Waals surface area contributed by atoms with Crippen molar-refractivity contribution in [3.05, 3.63) is 59.2 Å². The highest BCUT2D eigenvalue weighted by molar-refractivity contribution is 5.37. The van der Waals surface area contributed by atoms with Gasteiger partial charge < -0.3 is 5.73 Å². The van der Waals surface area contributed by atoms with Gasteiger partial charge in [-0.2, -0.15) is 5.10 Å². The van der Waals surface area contributed by atoms with Crippen molar-refractivity contribution in [2.45, 2.75) is 46.3 Å². The van der Waals surface area contributed by atoms with Crippen molar-refractivity contribution >= 4 is 0 Å². The molecular formula is C21H29N7. The van der Waals surface area contributed by atoms with E-state index in [0.29, 0.717) is 12.5 Å². The fraction of sp³-hybridized carbons (Fsp3) is 0.476. The molecule has 0 bridgehead atoms. The zero-order valence-electron chi connectivity index (χ0n) is 16.8. The predicted octanol–water partition coefficient (Wildman–Crippen LogP) is 2.45. The Morgan fingerprint density at radius 3 is 2.86 bits per heavy atom. The highest BCUT2D eigenvalue weighted by Gasteiger charge is 2.21. The summed E-state index contributed by atoms with van der Waals surface area (Å²) in [5.74, 6) is 0.597. The van der Waals surface area contributed by atoms with E-state index in [2.05, 4.69) is 57.6 Å². The summed E-state index contributed by atoms with van der Waals surface area (Å²) in [6, 6.07) is 10.8. The first-order chi connectivity index (χ1) is 13.6. The van der Waals surface area contributed by atoms with Gasteiger partial charge in [0.15, 0.2) is 0 Å². The van der Waals surface area contributed by atoms with Crippen molar-refractivity contribution in [2.75, 3.05) is 13.1 Å². The molecule has 1 atom stereocenters. The van der Waals surface area contributed by atoms with Crippen molar-refractivity contribution in [2.24, 2.45) is 11.7 Å². The Morgan fingerprint density at radius 1 is 1.21 bits per heavy atom. The minimum absolute atomic E-state index is 0.447. The van der Waals surface area contributed by atoms with E-state index in [1.807, 2.05) is 22.5 Å². The zero-order valence-corrected chi connectivity index (χ0v) is 16.8. The van der Waals surface area contributed by atoms with Gasteiger partial charge in [-0.25, -0.2) is 4.68 Å². The summed E-state index contributed by atoms with van der Waals surface area (Å²) in [6.07, 6.45) is 4.43. The van der Waals surface area contributed by atoms with Gasteiger partial charge in [-0.05, 0) is 62.9 Å². The van der Waals surface area contributed by atoms with Gasteiger partial charge in [0.25, 0.3) is 0 Å². The number of nitrogens with zero attached hydrogens (tertiary/aromatic N) is 6. The fourth-order valence-electron chi connectivity index (χ4n) is 4.16. The second-order valence-electron chi connectivity index (χ2n) is 7.89. The van der Waals surface area contributed by atoms with Gasteiger partial charge in [0, 0.05) is 38.1 Å². The highest BCUT2D eigenvalue weighted by atomic mass is 15.4. The maximum absolute atomic E-state index is 5.64. The molecule has 1 aliphatic rings. The Balaban J connectivity index is 1.41. The minimum atomic E-state index is 0.447. The number of aromatic nitrogens is 5. The molecule has 3 heterocycles. The smallest absolute Gasteiger partial charge is 0.0962 e. The third-order valence-corrected chi connectivity index (χ3v) is 5.41. The molecule has 4 rings (SSSR count). The van der Waals surface area contributed by atoms with E-state index in [9.17, 15) is 0 Å². The molecule has 2 N–H and O–H groups in total. The van der Waals surface area contributed by atoms with E-state index in [1.165, 1.54) is 18.4 Å². The average Bonchev–Trinajstić information content (AvgIpc) is 3.27. The van der Waals surface area contributed by atoms with E-state index in [-0.39, 0.29) is 0 Å². The number of benzene rings is 1. The first-order valence-corrected chi connectivity index (χ1v) is 10.0. The van der Waals surface area contributed by atoms with Crippen LogP contribution >= 0.6 is 0 Å². The normalized spacial score (nSPS) is 17.9. The summed E-state index contributed by atoms with van der Waals surface area (Å²) >= 11 is 0. The number of hydrogen-bond donors (Lipinski definition) is 1. The molecule has 2 aromatic heterocycles. The molecule has 1 saturated heterocycles. The van der Waals surface area contributed by atoms with Gasteiger partial charge in [-0.1, -0.05) is 17.3 Å². The third kappa shape index (κ3) is 4.31. The lowest BCUT2D eigenvalue weighted by atomic mass is 9.97. The van der Waals surface area contributed by atoms with E-state index in [0.717, 1.165) is 48.9 Å². The topological polar surface area (TPSA) is 77.8 Å². The zero-order chi connectivity index (χ0) is 19.5. The van der Waals surface area contributed by atoms with Gasteiger partial charge in [-0.15, -0.1) is 5.10 Å². The molecule has 0 saturated carbocycles. The molecule has 0 spiro atoms. The van der Waals surface area contributed by atoms with Crippen LogP contribution in [-0.4, -0.2) is 42.8 Å². The van der Waals surface area contributed by atoms with Gasteiger partial charge >= 0.3 is 0 Å². The average molecular weight is 380 g/mol. The van der Waals surface area contributed by atoms with Crippen LogP contribution in [0.3, 0.4) is 0 Å². The third-order valence-electron chi connectivity index (χ3n) is 5.41. The van der Waals surface area contributed by atoms with Crippen LogP contribution in [0.1, 0.15) is 35.5 Å². The summed E-state index contributed by atoms with van der Waals surface area (Å²) in [4.78, 5) is 2.55. The Hall–Kier alpha value is -2.51. The Labute approximate surface area is 166 Å². The monoisotopic (exact) mass is 379 g/mol. The van der Waals surface area contributed by atoms with Crippen LogP contribution in [0.15, 0.2) is 36.5 Å². The molecule has 1 aromatic carbocycles. The molecule has 7 nitrogen and oxygen atoms in total. The Kier molecular flexibility index (Phi) is 5.54. The highest BCUT2D eigenvalue weighted by Crippen LogP contribution is 2.21. The molecule has 148 valence electrons. The summed E-state index contributed by atoms with van der Waals surface area (Å²) in [5, 5.41) is 12.9. The fourth-order valence-corrected chi connectivity index (χ4v) is 4.16. The van der Waals surface area contributed by atoms with E-state index < -0.39 is 0 Å². The molecular weight excluding hydrogens is 350 g/mol. The quantitative estimate of drug-likeness (QED) is 0.712. The van der Waals surface area contributed by atoms with Crippen LogP contribution in [0.25, 0.3) is 5.69 Å². The van der Waals surface area contributed by atoms with Crippen molar-refractivity contribution in [3.63, 3.8) is 0 Å². The molecule has 7 heteroatoms. The predicted molar refractivity (Wildman–Crippen MR) is 109 cm³/mol. The summed E-state index contributed by atoms with van der Waals surface area (Å²) in [7, 11) is 0. The summed E-state index contributed by atoms with van der Waals surface area (Å²) in [5.41, 5.74) is 11.2. The standard InChI is InChI=1S/C21H29N7/c1-16-9-17(2)28(24-16)21-7-3-5-18(10-21)12-26-8-4-6-19(13-26)14-27-15-20(11-22)23-25-27/h3,5,7,9-10,15,19H,4,6,8,11-14,22H2,1-2H3/t19-/m0/s1. The van der Waals surface area contributed by atoms with Crippen molar-refractivity contribution in [3.8, 4) is 5.69 Å². The van der Waals surface area contributed by atoms with Crippen LogP contribution < -0.4 is 5.73 Å². The Morgan fingerprint density at radius 2 is 2.11 bits per heavy atom. The van der Waals surface area contributed by atoms with Crippen LogP contribution in [0.4, 0.5) is 0 Å². The van der Waals surface area contributed by atoms with Crippen LogP contribution in [0.2, 0.25) is 0 Å². The maximum atomic E-state index is 5.64. The number of aryl methyl sites for hydroxylation is 2. The molecule has 0 amide bonds. The molecule has 1 aliphatic heterocycles. The van der Waals surface area contributed by atoms with Crippen LogP contribution in [0, 0.1) is 19.8 Å². The molecule has 0 radical (unpaired) electrons. The van der Waals surface area contributed by atoms with Crippen molar-refractivity contribution in [1.82, 2.24) is 29.7 Å².